The molecule has 0 atom stereocenters. The molecular weight excluding hydrogens is 228 g/mol. The summed E-state index contributed by atoms with van der Waals surface area (Å²) in [5.74, 6) is -0.910. The molecule has 0 spiro atoms. The van der Waals surface area contributed by atoms with Gasteiger partial charge in [-0.3, -0.25) is 0 Å². The molecule has 0 amide bonds. The molecule has 2 rings (SSSR count). The molecule has 1 aromatic carbocycles. The van der Waals surface area contributed by atoms with Gasteiger partial charge in [-0.05, 0) is 36.5 Å². The fourth-order valence-electron chi connectivity index (χ4n) is 2.58. The van der Waals surface area contributed by atoms with Crippen molar-refractivity contribution in [1.29, 1.82) is 0 Å². The van der Waals surface area contributed by atoms with Crippen molar-refractivity contribution >= 4 is 17.3 Å². The minimum Gasteiger partial charge on any atom is -0.478 e. The highest BCUT2D eigenvalue weighted by Crippen LogP contribution is 2.34. The smallest absolute Gasteiger partial charge is 0.335 e. The molecule has 1 fully saturated rings. The number of nitrogen functional groups attached to an aromatic ring is 1. The predicted molar refractivity (Wildman–Crippen MR) is 73.0 cm³/mol. The molecule has 3 N–H and O–H groups in total. The van der Waals surface area contributed by atoms with Crippen LogP contribution in [0.2, 0.25) is 0 Å². The second-order valence-corrected chi connectivity index (χ2v) is 5.77. The van der Waals surface area contributed by atoms with Gasteiger partial charge in [-0.2, -0.15) is 0 Å². The van der Waals surface area contributed by atoms with E-state index in [2.05, 4.69) is 18.7 Å². The first-order valence-corrected chi connectivity index (χ1v) is 6.27. The molecule has 4 heteroatoms. The highest BCUT2D eigenvalue weighted by Gasteiger charge is 2.27. The van der Waals surface area contributed by atoms with Crippen LogP contribution in [-0.4, -0.2) is 24.2 Å². The molecule has 0 saturated carbocycles. The zero-order valence-corrected chi connectivity index (χ0v) is 10.9. The van der Waals surface area contributed by atoms with E-state index in [4.69, 9.17) is 10.8 Å². The van der Waals surface area contributed by atoms with Crippen LogP contribution in [-0.2, 0) is 0 Å². The number of hydrogen-bond acceptors (Lipinski definition) is 3. The van der Waals surface area contributed by atoms with Gasteiger partial charge in [0.15, 0.2) is 0 Å². The van der Waals surface area contributed by atoms with E-state index in [1.165, 1.54) is 6.42 Å². The fourth-order valence-corrected chi connectivity index (χ4v) is 2.58. The van der Waals surface area contributed by atoms with Gasteiger partial charge in [0.2, 0.25) is 0 Å². The van der Waals surface area contributed by atoms with Crippen LogP contribution in [0.5, 0.6) is 0 Å². The van der Waals surface area contributed by atoms with Crippen LogP contribution in [0.4, 0.5) is 11.4 Å². The topological polar surface area (TPSA) is 66.6 Å². The standard InChI is InChI=1S/C14H20N2O2/c1-14(2)6-3-7-16(9-14)12-8-10(13(17)18)4-5-11(12)15/h4-5,8H,3,6-7,9,15H2,1-2H3,(H,17,18). The number of anilines is 2. The maximum atomic E-state index is 11.0. The van der Waals surface area contributed by atoms with Crippen molar-refractivity contribution < 1.29 is 9.90 Å². The van der Waals surface area contributed by atoms with E-state index in [1.807, 2.05) is 0 Å². The quantitative estimate of drug-likeness (QED) is 0.789. The van der Waals surface area contributed by atoms with E-state index in [9.17, 15) is 4.79 Å². The summed E-state index contributed by atoms with van der Waals surface area (Å²) in [6.07, 6.45) is 2.31. The third-order valence-electron chi connectivity index (χ3n) is 3.52. The van der Waals surface area contributed by atoms with Crippen molar-refractivity contribution in [1.82, 2.24) is 0 Å². The number of benzene rings is 1. The minimum absolute atomic E-state index is 0.254. The first-order chi connectivity index (χ1) is 8.39. The van der Waals surface area contributed by atoms with Crippen LogP contribution in [0, 0.1) is 5.41 Å². The summed E-state index contributed by atoms with van der Waals surface area (Å²) in [5, 5.41) is 9.04. The molecular formula is C14H20N2O2. The number of piperidine rings is 1. The number of rotatable bonds is 2. The van der Waals surface area contributed by atoms with Gasteiger partial charge in [-0.15, -0.1) is 0 Å². The van der Waals surface area contributed by atoms with Crippen molar-refractivity contribution in [3.05, 3.63) is 23.8 Å². The summed E-state index contributed by atoms with van der Waals surface area (Å²) in [6, 6.07) is 4.91. The lowest BCUT2D eigenvalue weighted by atomic mass is 9.84. The number of carboxylic acids is 1. The molecule has 0 radical (unpaired) electrons. The Balaban J connectivity index is 2.32. The maximum Gasteiger partial charge on any atom is 0.335 e. The molecule has 0 aromatic heterocycles. The minimum atomic E-state index is -0.910. The SMILES string of the molecule is CC1(C)CCCN(c2cc(C(=O)O)ccc2N)C1. The summed E-state index contributed by atoms with van der Waals surface area (Å²) >= 11 is 0. The summed E-state index contributed by atoms with van der Waals surface area (Å²) in [5.41, 5.74) is 8.02. The summed E-state index contributed by atoms with van der Waals surface area (Å²) in [4.78, 5) is 13.2. The highest BCUT2D eigenvalue weighted by atomic mass is 16.4. The van der Waals surface area contributed by atoms with E-state index in [0.717, 1.165) is 25.2 Å². The zero-order valence-electron chi connectivity index (χ0n) is 10.9. The Morgan fingerprint density at radius 1 is 1.44 bits per heavy atom. The van der Waals surface area contributed by atoms with Crippen molar-refractivity contribution in [3.63, 3.8) is 0 Å². The Kier molecular flexibility index (Phi) is 3.20. The molecule has 1 heterocycles. The van der Waals surface area contributed by atoms with Crippen molar-refractivity contribution in [2.45, 2.75) is 26.7 Å². The second-order valence-electron chi connectivity index (χ2n) is 5.77. The van der Waals surface area contributed by atoms with Crippen molar-refractivity contribution in [2.24, 2.45) is 5.41 Å². The number of aromatic carboxylic acids is 1. The second kappa shape index (κ2) is 4.52. The molecule has 0 bridgehead atoms. The molecule has 4 nitrogen and oxygen atoms in total. The van der Waals surface area contributed by atoms with Gasteiger partial charge in [0.1, 0.15) is 0 Å². The maximum absolute atomic E-state index is 11.0. The van der Waals surface area contributed by atoms with E-state index in [1.54, 1.807) is 18.2 Å². The van der Waals surface area contributed by atoms with Crippen LogP contribution in [0.1, 0.15) is 37.0 Å². The van der Waals surface area contributed by atoms with Gasteiger partial charge in [0.05, 0.1) is 16.9 Å². The first-order valence-electron chi connectivity index (χ1n) is 6.27. The van der Waals surface area contributed by atoms with E-state index >= 15 is 0 Å². The summed E-state index contributed by atoms with van der Waals surface area (Å²) < 4.78 is 0. The highest BCUT2D eigenvalue weighted by molar-refractivity contribution is 5.90. The number of nitrogens with zero attached hydrogens (tertiary/aromatic N) is 1. The zero-order chi connectivity index (χ0) is 13.3. The number of nitrogens with two attached hydrogens (primary N) is 1. The molecule has 18 heavy (non-hydrogen) atoms. The predicted octanol–water partition coefficient (Wildman–Crippen LogP) is 2.59. The number of carbonyl (C=O) groups is 1. The van der Waals surface area contributed by atoms with Gasteiger partial charge in [-0.1, -0.05) is 13.8 Å². The first kappa shape index (κ1) is 12.7. The largest absolute Gasteiger partial charge is 0.478 e. The lowest BCUT2D eigenvalue weighted by molar-refractivity contribution is 0.0697. The Hall–Kier alpha value is -1.71. The molecule has 1 aromatic rings. The lowest BCUT2D eigenvalue weighted by Gasteiger charge is -2.40. The van der Waals surface area contributed by atoms with E-state index in [0.29, 0.717) is 11.3 Å². The summed E-state index contributed by atoms with van der Waals surface area (Å²) in [7, 11) is 0. The fraction of sp³-hybridized carbons (Fsp3) is 0.500. The number of hydrogen-bond donors (Lipinski definition) is 2. The Labute approximate surface area is 107 Å². The van der Waals surface area contributed by atoms with Crippen LogP contribution in [0.3, 0.4) is 0 Å². The molecule has 98 valence electrons. The average Bonchev–Trinajstić information content (AvgIpc) is 2.27. The monoisotopic (exact) mass is 248 g/mol. The Morgan fingerprint density at radius 2 is 2.17 bits per heavy atom. The molecule has 0 unspecified atom stereocenters. The van der Waals surface area contributed by atoms with Crippen LogP contribution in [0.15, 0.2) is 18.2 Å². The molecule has 1 aliphatic heterocycles. The van der Waals surface area contributed by atoms with Gasteiger partial charge in [0, 0.05) is 13.1 Å². The van der Waals surface area contributed by atoms with Gasteiger partial charge >= 0.3 is 5.97 Å². The Bertz CT molecular complexity index is 469. The molecule has 1 saturated heterocycles. The van der Waals surface area contributed by atoms with Crippen molar-refractivity contribution in [2.75, 3.05) is 23.7 Å². The summed E-state index contributed by atoms with van der Waals surface area (Å²) in [6.45, 7) is 6.32. The van der Waals surface area contributed by atoms with Gasteiger partial charge < -0.3 is 15.7 Å². The van der Waals surface area contributed by atoms with Gasteiger partial charge in [-0.25, -0.2) is 4.79 Å². The van der Waals surface area contributed by atoms with Crippen LogP contribution < -0.4 is 10.6 Å². The third-order valence-corrected chi connectivity index (χ3v) is 3.52. The molecule has 0 aliphatic carbocycles. The molecule has 1 aliphatic rings. The number of carboxylic acid groups (broad SMARTS) is 1. The van der Waals surface area contributed by atoms with E-state index < -0.39 is 5.97 Å². The Morgan fingerprint density at radius 3 is 2.78 bits per heavy atom. The normalized spacial score (nSPS) is 18.7. The average molecular weight is 248 g/mol. The van der Waals surface area contributed by atoms with Crippen LogP contribution >= 0.6 is 0 Å². The third kappa shape index (κ3) is 2.58. The lowest BCUT2D eigenvalue weighted by Crippen LogP contribution is -2.40. The van der Waals surface area contributed by atoms with Gasteiger partial charge in [0.25, 0.3) is 0 Å². The van der Waals surface area contributed by atoms with E-state index in [-0.39, 0.29) is 5.41 Å². The van der Waals surface area contributed by atoms with Crippen LogP contribution in [0.25, 0.3) is 0 Å². The van der Waals surface area contributed by atoms with Crippen molar-refractivity contribution in [3.8, 4) is 0 Å².